The average molecular weight is 337 g/mol. The molecule has 24 heavy (non-hydrogen) atoms. The van der Waals surface area contributed by atoms with Crippen LogP contribution in [0.2, 0.25) is 0 Å². The zero-order chi connectivity index (χ0) is 16.9. The number of nitrogens with one attached hydrogen (secondary N) is 1. The molecule has 0 atom stereocenters. The molecule has 0 unspecified atom stereocenters. The quantitative estimate of drug-likeness (QED) is 0.761. The molecule has 3 rings (SSSR count). The van der Waals surface area contributed by atoms with Gasteiger partial charge in [-0.1, -0.05) is 42.5 Å². The molecule has 3 aromatic rings. The van der Waals surface area contributed by atoms with Crippen LogP contribution in [0, 0.1) is 0 Å². The van der Waals surface area contributed by atoms with Gasteiger partial charge >= 0.3 is 0 Å². The summed E-state index contributed by atoms with van der Waals surface area (Å²) >= 11 is 1.44. The molecule has 4 nitrogen and oxygen atoms in total. The Bertz CT molecular complexity index is 810. The van der Waals surface area contributed by atoms with Crippen molar-refractivity contribution in [3.8, 4) is 11.1 Å². The Morgan fingerprint density at radius 1 is 1.04 bits per heavy atom. The van der Waals surface area contributed by atoms with Gasteiger partial charge < -0.3 is 4.90 Å². The van der Waals surface area contributed by atoms with E-state index in [4.69, 9.17) is 0 Å². The topological polar surface area (TPSA) is 45.2 Å². The zero-order valence-corrected chi connectivity index (χ0v) is 14.5. The first-order chi connectivity index (χ1) is 11.6. The number of nitrogens with zero attached hydrogens (tertiary/aromatic N) is 2. The van der Waals surface area contributed by atoms with Crippen molar-refractivity contribution < 1.29 is 4.79 Å². The smallest absolute Gasteiger partial charge is 0.257 e. The summed E-state index contributed by atoms with van der Waals surface area (Å²) < 4.78 is 0. The minimum absolute atomic E-state index is 0.139. The van der Waals surface area contributed by atoms with Gasteiger partial charge in [0.05, 0.1) is 5.69 Å². The van der Waals surface area contributed by atoms with Crippen molar-refractivity contribution in [2.75, 3.05) is 19.4 Å². The summed E-state index contributed by atoms with van der Waals surface area (Å²) in [4.78, 5) is 18.8. The highest BCUT2D eigenvalue weighted by molar-refractivity contribution is 7.13. The highest BCUT2D eigenvalue weighted by Crippen LogP contribution is 2.21. The fourth-order valence-corrected chi connectivity index (χ4v) is 3.07. The molecule has 5 heteroatoms. The lowest BCUT2D eigenvalue weighted by atomic mass is 10.0. The number of hydrogen-bond acceptors (Lipinski definition) is 4. The van der Waals surface area contributed by atoms with Crippen molar-refractivity contribution in [1.82, 2.24) is 9.88 Å². The monoisotopic (exact) mass is 337 g/mol. The maximum Gasteiger partial charge on any atom is 0.257 e. The molecule has 0 saturated carbocycles. The zero-order valence-electron chi connectivity index (χ0n) is 13.7. The lowest BCUT2D eigenvalue weighted by molar-refractivity contribution is 0.102. The largest absolute Gasteiger partial charge is 0.304 e. The number of rotatable bonds is 5. The number of carbonyl (C=O) groups excluding carboxylic acids is 1. The second-order valence-electron chi connectivity index (χ2n) is 5.78. The second kappa shape index (κ2) is 7.38. The summed E-state index contributed by atoms with van der Waals surface area (Å²) in [6.45, 7) is 0.762. The van der Waals surface area contributed by atoms with Gasteiger partial charge in [-0.05, 0) is 37.4 Å². The van der Waals surface area contributed by atoms with E-state index in [1.54, 1.807) is 0 Å². The standard InChI is InChI=1S/C19H19N3OS/c1-22(2)12-17-13-24-19(20-17)21-18(23)16-10-8-15(9-11-16)14-6-4-3-5-7-14/h3-11,13H,12H2,1-2H3,(H,20,21,23). The lowest BCUT2D eigenvalue weighted by Crippen LogP contribution is -2.13. The maximum absolute atomic E-state index is 12.3. The summed E-state index contributed by atoms with van der Waals surface area (Å²) in [5.74, 6) is -0.139. The molecule has 0 spiro atoms. The molecule has 0 fully saturated rings. The van der Waals surface area contributed by atoms with Crippen LogP contribution in [0.3, 0.4) is 0 Å². The van der Waals surface area contributed by atoms with Crippen molar-refractivity contribution in [1.29, 1.82) is 0 Å². The molecule has 1 aromatic heterocycles. The molecule has 1 amide bonds. The third-order valence-electron chi connectivity index (χ3n) is 3.50. The summed E-state index contributed by atoms with van der Waals surface area (Å²) in [5, 5.41) is 5.46. The number of aromatic nitrogens is 1. The molecule has 0 aliphatic rings. The molecule has 122 valence electrons. The van der Waals surface area contributed by atoms with Crippen LogP contribution < -0.4 is 5.32 Å². The van der Waals surface area contributed by atoms with E-state index < -0.39 is 0 Å². The van der Waals surface area contributed by atoms with Crippen molar-refractivity contribution in [3.05, 3.63) is 71.2 Å². The van der Waals surface area contributed by atoms with E-state index in [0.717, 1.165) is 23.4 Å². The van der Waals surface area contributed by atoms with Crippen molar-refractivity contribution in [3.63, 3.8) is 0 Å². The summed E-state index contributed by atoms with van der Waals surface area (Å²) in [6, 6.07) is 17.7. The molecule has 1 N–H and O–H groups in total. The third-order valence-corrected chi connectivity index (χ3v) is 4.31. The number of benzene rings is 2. The highest BCUT2D eigenvalue weighted by Gasteiger charge is 2.10. The Morgan fingerprint density at radius 3 is 2.38 bits per heavy atom. The molecule has 0 saturated heterocycles. The molecule has 0 aliphatic heterocycles. The Hall–Kier alpha value is -2.50. The fourth-order valence-electron chi connectivity index (χ4n) is 2.37. The van der Waals surface area contributed by atoms with Crippen LogP contribution in [0.4, 0.5) is 5.13 Å². The normalized spacial score (nSPS) is 10.8. The maximum atomic E-state index is 12.3. The Kier molecular flexibility index (Phi) is 5.03. The summed E-state index contributed by atoms with van der Waals surface area (Å²) in [6.07, 6.45) is 0. The van der Waals surface area contributed by atoms with Crippen LogP contribution >= 0.6 is 11.3 Å². The van der Waals surface area contributed by atoms with Gasteiger partial charge in [0, 0.05) is 17.5 Å². The van der Waals surface area contributed by atoms with Gasteiger partial charge in [-0.25, -0.2) is 4.98 Å². The van der Waals surface area contributed by atoms with Crippen LogP contribution in [-0.4, -0.2) is 29.9 Å². The first-order valence-electron chi connectivity index (χ1n) is 7.68. The Morgan fingerprint density at radius 2 is 1.71 bits per heavy atom. The SMILES string of the molecule is CN(C)Cc1csc(NC(=O)c2ccc(-c3ccccc3)cc2)n1. The van der Waals surface area contributed by atoms with Crippen molar-refractivity contribution >= 4 is 22.4 Å². The average Bonchev–Trinajstić information content (AvgIpc) is 3.02. The van der Waals surface area contributed by atoms with Crippen molar-refractivity contribution in [2.45, 2.75) is 6.54 Å². The van der Waals surface area contributed by atoms with Crippen molar-refractivity contribution in [2.24, 2.45) is 0 Å². The van der Waals surface area contributed by atoms with E-state index >= 15 is 0 Å². The van der Waals surface area contributed by atoms with Gasteiger partial charge in [0.25, 0.3) is 5.91 Å². The minimum Gasteiger partial charge on any atom is -0.304 e. The predicted octanol–water partition coefficient (Wildman–Crippen LogP) is 4.12. The number of hydrogen-bond donors (Lipinski definition) is 1. The minimum atomic E-state index is -0.139. The van der Waals surface area contributed by atoms with Gasteiger partial charge in [-0.15, -0.1) is 11.3 Å². The molecule has 2 aromatic carbocycles. The second-order valence-corrected chi connectivity index (χ2v) is 6.64. The van der Waals surface area contributed by atoms with Gasteiger partial charge in [-0.2, -0.15) is 0 Å². The molecule has 0 bridgehead atoms. The number of thiazole rings is 1. The van der Waals surface area contributed by atoms with E-state index in [-0.39, 0.29) is 5.91 Å². The van der Waals surface area contributed by atoms with E-state index in [0.29, 0.717) is 10.7 Å². The number of anilines is 1. The van der Waals surface area contributed by atoms with Gasteiger partial charge in [0.15, 0.2) is 5.13 Å². The molecular weight excluding hydrogens is 318 g/mol. The van der Waals surface area contributed by atoms with E-state index in [9.17, 15) is 4.79 Å². The molecular formula is C19H19N3OS. The lowest BCUT2D eigenvalue weighted by Gasteiger charge is -2.06. The van der Waals surface area contributed by atoms with E-state index in [2.05, 4.69) is 22.4 Å². The van der Waals surface area contributed by atoms with Crippen LogP contribution in [0.15, 0.2) is 60.0 Å². The van der Waals surface area contributed by atoms with E-state index in [1.807, 2.05) is 66.8 Å². The van der Waals surface area contributed by atoms with Crippen LogP contribution in [0.25, 0.3) is 11.1 Å². The summed E-state index contributed by atoms with van der Waals surface area (Å²) in [7, 11) is 3.98. The summed E-state index contributed by atoms with van der Waals surface area (Å²) in [5.41, 5.74) is 3.81. The molecule has 1 heterocycles. The first kappa shape index (κ1) is 16.4. The van der Waals surface area contributed by atoms with Gasteiger partial charge in [0.2, 0.25) is 0 Å². The molecule has 0 aliphatic carbocycles. The highest BCUT2D eigenvalue weighted by atomic mass is 32.1. The fraction of sp³-hybridized carbons (Fsp3) is 0.158. The predicted molar refractivity (Wildman–Crippen MR) is 99.3 cm³/mol. The number of carbonyl (C=O) groups is 1. The van der Waals surface area contributed by atoms with E-state index in [1.165, 1.54) is 11.3 Å². The van der Waals surface area contributed by atoms with Crippen LogP contribution in [0.1, 0.15) is 16.1 Å². The first-order valence-corrected chi connectivity index (χ1v) is 8.56. The molecule has 0 radical (unpaired) electrons. The van der Waals surface area contributed by atoms with Gasteiger partial charge in [0.1, 0.15) is 0 Å². The van der Waals surface area contributed by atoms with Crippen LogP contribution in [0.5, 0.6) is 0 Å². The Balaban J connectivity index is 1.68. The third kappa shape index (κ3) is 4.07. The Labute approximate surface area is 145 Å². The number of amides is 1. The van der Waals surface area contributed by atoms with Crippen LogP contribution in [-0.2, 0) is 6.54 Å². The van der Waals surface area contributed by atoms with Gasteiger partial charge in [-0.3, -0.25) is 10.1 Å².